The van der Waals surface area contributed by atoms with Gasteiger partial charge in [-0.05, 0) is 12.1 Å². The lowest BCUT2D eigenvalue weighted by atomic mass is 10.2. The first-order chi connectivity index (χ1) is 7.64. The highest BCUT2D eigenvalue weighted by atomic mass is 32.3. The van der Waals surface area contributed by atoms with Gasteiger partial charge in [-0.15, -0.1) is 3.63 Å². The molecule has 0 fully saturated rings. The van der Waals surface area contributed by atoms with E-state index >= 15 is 0 Å². The molecule has 0 saturated heterocycles. The maximum absolute atomic E-state index is 9.44. The summed E-state index contributed by atoms with van der Waals surface area (Å²) in [5, 5.41) is 8.29. The predicted octanol–water partition coefficient (Wildman–Crippen LogP) is 0.167. The van der Waals surface area contributed by atoms with Crippen molar-refractivity contribution in [3.8, 4) is 6.07 Å². The molecule has 0 saturated carbocycles. The van der Waals surface area contributed by atoms with Gasteiger partial charge >= 0.3 is 20.8 Å². The first-order valence-electron chi connectivity index (χ1n) is 3.75. The summed E-state index contributed by atoms with van der Waals surface area (Å²) >= 11 is 0. The van der Waals surface area contributed by atoms with Crippen LogP contribution in [0.25, 0.3) is 0 Å². The first kappa shape index (κ1) is 15.5. The molecule has 17 heavy (non-hydrogen) atoms. The molecule has 0 aromatic heterocycles. The minimum Gasteiger partial charge on any atom is -0.263 e. The zero-order valence-electron chi connectivity index (χ0n) is 8.09. The van der Waals surface area contributed by atoms with Crippen LogP contribution >= 0.6 is 0 Å². The smallest absolute Gasteiger partial charge is 0.263 e. The highest BCUT2D eigenvalue weighted by molar-refractivity contribution is 7.94. The second-order valence-electron chi connectivity index (χ2n) is 2.40. The SMILES string of the molecule is N#Cc1ccccc1.O=S(=O)(O)OS(=O)(=O)O. The second kappa shape index (κ2) is 6.28. The average molecular weight is 281 g/mol. The Morgan fingerprint density at radius 3 is 1.59 bits per heavy atom. The number of hydrogen-bond donors (Lipinski definition) is 2. The fourth-order valence-electron chi connectivity index (χ4n) is 0.621. The summed E-state index contributed by atoms with van der Waals surface area (Å²) in [6.07, 6.45) is 0. The molecule has 2 N–H and O–H groups in total. The van der Waals surface area contributed by atoms with Gasteiger partial charge < -0.3 is 0 Å². The van der Waals surface area contributed by atoms with E-state index in [0.29, 0.717) is 5.56 Å². The zero-order valence-corrected chi connectivity index (χ0v) is 9.72. The Morgan fingerprint density at radius 2 is 1.41 bits per heavy atom. The van der Waals surface area contributed by atoms with Crippen LogP contribution in [0.1, 0.15) is 5.56 Å². The van der Waals surface area contributed by atoms with Gasteiger partial charge in [-0.25, -0.2) is 0 Å². The van der Waals surface area contributed by atoms with Crippen LogP contribution in [0.3, 0.4) is 0 Å². The van der Waals surface area contributed by atoms with E-state index in [1.807, 2.05) is 24.3 Å². The highest BCUT2D eigenvalue weighted by Gasteiger charge is 2.15. The topological polar surface area (TPSA) is 142 Å². The fraction of sp³-hybridized carbons (Fsp3) is 0. The van der Waals surface area contributed by atoms with Crippen molar-refractivity contribution >= 4 is 20.8 Å². The van der Waals surface area contributed by atoms with Crippen LogP contribution in [0.5, 0.6) is 0 Å². The summed E-state index contributed by atoms with van der Waals surface area (Å²) in [5.41, 5.74) is 0.715. The number of nitrogens with zero attached hydrogens (tertiary/aromatic N) is 1. The molecule has 0 radical (unpaired) electrons. The summed E-state index contributed by atoms with van der Waals surface area (Å²) in [7, 11) is -10.2. The zero-order chi connectivity index (χ0) is 13.5. The van der Waals surface area contributed by atoms with Gasteiger partial charge in [0.15, 0.2) is 0 Å². The molecule has 0 aliphatic rings. The van der Waals surface area contributed by atoms with Crippen LogP contribution in [0, 0.1) is 11.3 Å². The Hall–Kier alpha value is -1.51. The standard InChI is InChI=1S/C7H5N.H2O7S2/c8-6-7-4-2-1-3-5-7;1-8(2,3)7-9(4,5)6/h1-5H;(H,1,2,3)(H,4,5,6). The Morgan fingerprint density at radius 1 is 1.00 bits per heavy atom. The third-order valence-corrected chi connectivity index (χ3v) is 2.45. The monoisotopic (exact) mass is 281 g/mol. The van der Waals surface area contributed by atoms with Crippen LogP contribution in [0.4, 0.5) is 0 Å². The van der Waals surface area contributed by atoms with Gasteiger partial charge in [-0.2, -0.15) is 22.1 Å². The quantitative estimate of drug-likeness (QED) is 0.730. The molecular formula is C7H7NO7S2. The number of benzene rings is 1. The molecule has 0 aliphatic carbocycles. The molecule has 0 bridgehead atoms. The third kappa shape index (κ3) is 10.8. The van der Waals surface area contributed by atoms with E-state index in [0.717, 1.165) is 0 Å². The van der Waals surface area contributed by atoms with Gasteiger partial charge in [-0.1, -0.05) is 18.2 Å². The minimum atomic E-state index is -5.12. The largest absolute Gasteiger partial charge is 0.413 e. The van der Waals surface area contributed by atoms with E-state index in [1.54, 1.807) is 12.1 Å². The molecule has 0 unspecified atom stereocenters. The lowest BCUT2D eigenvalue weighted by molar-refractivity contribution is 0.344. The van der Waals surface area contributed by atoms with E-state index in [2.05, 4.69) is 3.63 Å². The van der Waals surface area contributed by atoms with Gasteiger partial charge in [0.25, 0.3) is 0 Å². The Labute approximate surface area is 98.0 Å². The van der Waals surface area contributed by atoms with Crippen molar-refractivity contribution in [3.05, 3.63) is 35.9 Å². The van der Waals surface area contributed by atoms with Crippen LogP contribution in [0.2, 0.25) is 0 Å². The van der Waals surface area contributed by atoms with E-state index in [9.17, 15) is 16.8 Å². The van der Waals surface area contributed by atoms with Gasteiger partial charge in [0, 0.05) is 0 Å². The van der Waals surface area contributed by atoms with Crippen molar-refractivity contribution in [3.63, 3.8) is 0 Å². The lowest BCUT2D eigenvalue weighted by Gasteiger charge is -1.89. The normalized spacial score (nSPS) is 10.9. The molecule has 1 rings (SSSR count). The van der Waals surface area contributed by atoms with Crippen molar-refractivity contribution in [2.45, 2.75) is 0 Å². The summed E-state index contributed by atoms with van der Waals surface area (Å²) in [5.74, 6) is 0. The summed E-state index contributed by atoms with van der Waals surface area (Å²) in [6.45, 7) is 0. The molecular weight excluding hydrogens is 274 g/mol. The molecule has 94 valence electrons. The molecule has 0 heterocycles. The van der Waals surface area contributed by atoms with Crippen molar-refractivity contribution < 1.29 is 29.6 Å². The lowest BCUT2D eigenvalue weighted by Crippen LogP contribution is -2.10. The summed E-state index contributed by atoms with van der Waals surface area (Å²) in [6, 6.07) is 11.2. The molecule has 1 aromatic rings. The Bertz CT molecular complexity index is 555. The predicted molar refractivity (Wildman–Crippen MR) is 55.3 cm³/mol. The van der Waals surface area contributed by atoms with E-state index in [1.165, 1.54) is 0 Å². The maximum Gasteiger partial charge on any atom is 0.413 e. The van der Waals surface area contributed by atoms with Crippen molar-refractivity contribution in [1.29, 1.82) is 5.26 Å². The molecule has 0 aliphatic heterocycles. The van der Waals surface area contributed by atoms with Gasteiger partial charge in [0.2, 0.25) is 0 Å². The van der Waals surface area contributed by atoms with E-state index in [4.69, 9.17) is 14.4 Å². The maximum atomic E-state index is 9.44. The average Bonchev–Trinajstić information content (AvgIpc) is 2.14. The molecule has 0 spiro atoms. The molecule has 8 nitrogen and oxygen atoms in total. The Kier molecular flexibility index (Phi) is 5.72. The van der Waals surface area contributed by atoms with Crippen molar-refractivity contribution in [1.82, 2.24) is 0 Å². The van der Waals surface area contributed by atoms with Crippen molar-refractivity contribution in [2.75, 3.05) is 0 Å². The van der Waals surface area contributed by atoms with Gasteiger partial charge in [-0.3, -0.25) is 9.11 Å². The fourth-order valence-corrected chi connectivity index (χ4v) is 1.49. The van der Waals surface area contributed by atoms with Crippen LogP contribution < -0.4 is 0 Å². The molecule has 10 heteroatoms. The highest BCUT2D eigenvalue weighted by Crippen LogP contribution is 1.93. The summed E-state index contributed by atoms with van der Waals surface area (Å²) in [4.78, 5) is 0. The van der Waals surface area contributed by atoms with Crippen LogP contribution in [0.15, 0.2) is 30.3 Å². The van der Waals surface area contributed by atoms with Gasteiger partial charge in [0.05, 0.1) is 11.6 Å². The van der Waals surface area contributed by atoms with Gasteiger partial charge in [0.1, 0.15) is 0 Å². The van der Waals surface area contributed by atoms with E-state index in [-0.39, 0.29) is 0 Å². The Balaban J connectivity index is 0.000000302. The third-order valence-electron chi connectivity index (χ3n) is 1.07. The number of hydrogen-bond acceptors (Lipinski definition) is 6. The second-order valence-corrected chi connectivity index (χ2v) is 4.66. The van der Waals surface area contributed by atoms with E-state index < -0.39 is 20.8 Å². The molecule has 0 amide bonds. The summed E-state index contributed by atoms with van der Waals surface area (Å²) < 4.78 is 55.6. The van der Waals surface area contributed by atoms with Crippen LogP contribution in [-0.4, -0.2) is 25.9 Å². The molecule has 1 aromatic carbocycles. The number of rotatable bonds is 2. The van der Waals surface area contributed by atoms with Crippen molar-refractivity contribution in [2.24, 2.45) is 0 Å². The molecule has 0 atom stereocenters. The number of nitriles is 1. The van der Waals surface area contributed by atoms with Crippen LogP contribution in [-0.2, 0) is 24.4 Å². The first-order valence-corrected chi connectivity index (χ1v) is 6.48. The minimum absolute atomic E-state index is 0.715.